The van der Waals surface area contributed by atoms with E-state index in [2.05, 4.69) is 53.6 Å². The van der Waals surface area contributed by atoms with E-state index in [1.807, 2.05) is 0 Å². The van der Waals surface area contributed by atoms with Crippen molar-refractivity contribution >= 4 is 28.7 Å². The number of fused-ring (bicyclic) bond motifs is 2. The van der Waals surface area contributed by atoms with Gasteiger partial charge >= 0.3 is 11.9 Å². The lowest BCUT2D eigenvalue weighted by molar-refractivity contribution is -0.134. The van der Waals surface area contributed by atoms with Crippen molar-refractivity contribution in [3.63, 3.8) is 0 Å². The van der Waals surface area contributed by atoms with E-state index in [9.17, 15) is 14.4 Å². The molecule has 8 heteroatoms. The van der Waals surface area contributed by atoms with Crippen LogP contribution in [0.25, 0.3) is 10.9 Å². The Morgan fingerprint density at radius 1 is 1.22 bits per heavy atom. The first-order valence-electron chi connectivity index (χ1n) is 11.0. The van der Waals surface area contributed by atoms with Gasteiger partial charge in [0.05, 0.1) is 5.92 Å². The number of aromatic nitrogens is 1. The maximum Gasteiger partial charge on any atom is 0.328 e. The average molecular weight is 442 g/mol. The van der Waals surface area contributed by atoms with Crippen LogP contribution in [0.1, 0.15) is 43.2 Å². The normalized spacial score (nSPS) is 22.1. The number of aliphatic carboxylic acids is 2. The number of likely N-dealkylation sites (tertiary alicyclic amines) is 1. The minimum atomic E-state index is -1.26. The lowest BCUT2D eigenvalue weighted by Gasteiger charge is -2.45. The van der Waals surface area contributed by atoms with E-state index in [1.165, 1.54) is 22.0 Å². The molecule has 32 heavy (non-hydrogen) atoms. The number of carboxylic acid groups (broad SMARTS) is 2. The molecule has 0 bridgehead atoms. The molecule has 8 nitrogen and oxygen atoms in total. The molecule has 4 N–H and O–H groups in total. The van der Waals surface area contributed by atoms with Crippen LogP contribution < -0.4 is 5.32 Å². The molecule has 1 aromatic heterocycles. The van der Waals surface area contributed by atoms with Crippen molar-refractivity contribution in [2.45, 2.75) is 44.6 Å². The smallest absolute Gasteiger partial charge is 0.328 e. The van der Waals surface area contributed by atoms with Crippen molar-refractivity contribution in [1.29, 1.82) is 0 Å². The second-order valence-corrected chi connectivity index (χ2v) is 8.49. The summed E-state index contributed by atoms with van der Waals surface area (Å²) >= 11 is 0. The highest BCUT2D eigenvalue weighted by Gasteiger charge is 2.41. The van der Waals surface area contributed by atoms with E-state index in [0.29, 0.717) is 24.1 Å². The number of benzene rings is 1. The fourth-order valence-corrected chi connectivity index (χ4v) is 4.81. The van der Waals surface area contributed by atoms with E-state index in [4.69, 9.17) is 10.2 Å². The van der Waals surface area contributed by atoms with Crippen LogP contribution in [0.5, 0.6) is 0 Å². The third-order valence-electron chi connectivity index (χ3n) is 6.29. The van der Waals surface area contributed by atoms with Gasteiger partial charge in [0.2, 0.25) is 5.91 Å². The highest BCUT2D eigenvalue weighted by atomic mass is 16.4. The Hall–Kier alpha value is -3.13. The fourth-order valence-electron chi connectivity index (χ4n) is 4.81. The predicted molar refractivity (Wildman–Crippen MR) is 122 cm³/mol. The maximum atomic E-state index is 12.6. The van der Waals surface area contributed by atoms with E-state index in [1.54, 1.807) is 0 Å². The van der Waals surface area contributed by atoms with Gasteiger partial charge in [0.1, 0.15) is 0 Å². The third-order valence-corrected chi connectivity index (χ3v) is 6.29. The van der Waals surface area contributed by atoms with Crippen LogP contribution in [0.4, 0.5) is 0 Å². The van der Waals surface area contributed by atoms with Crippen molar-refractivity contribution in [2.24, 2.45) is 5.92 Å². The number of carbonyl (C=O) groups is 3. The molecule has 0 saturated carbocycles. The van der Waals surface area contributed by atoms with Gasteiger partial charge in [0.25, 0.3) is 0 Å². The largest absolute Gasteiger partial charge is 0.478 e. The van der Waals surface area contributed by atoms with Crippen LogP contribution in [0.2, 0.25) is 0 Å². The Morgan fingerprint density at radius 3 is 2.59 bits per heavy atom. The lowest BCUT2D eigenvalue weighted by Crippen LogP contribution is -2.51. The summed E-state index contributed by atoms with van der Waals surface area (Å²) in [5.74, 6) is -1.72. The standard InChI is InChI=1S/C20H27N3O.C4H4O4/c1-3-4-8-21-20(24)14-9-16-15-6-5-7-17-19(15)13(11-22-17)10-18(16)23(2)12-14;5-3(6)1-2-4(7)8/h5-7,11,14,16,18,22H,3-4,8-10,12H2,1-2H3,(H,21,24);1-2H,(H,5,6)(H,7,8)/b;2-1-/t14-,16-,18-;/m1./s1. The fraction of sp³-hybridized carbons (Fsp3) is 0.458. The van der Waals surface area contributed by atoms with Crippen LogP contribution in [0.15, 0.2) is 36.5 Å². The molecule has 0 radical (unpaired) electrons. The third kappa shape index (κ3) is 5.37. The van der Waals surface area contributed by atoms with Gasteiger partial charge < -0.3 is 25.4 Å². The Balaban J connectivity index is 0.000000312. The van der Waals surface area contributed by atoms with Gasteiger partial charge in [-0.3, -0.25) is 4.79 Å². The zero-order valence-electron chi connectivity index (χ0n) is 18.5. The van der Waals surface area contributed by atoms with E-state index in [0.717, 1.165) is 38.8 Å². The number of hydrogen-bond donors (Lipinski definition) is 4. The van der Waals surface area contributed by atoms with Crippen LogP contribution in [0.3, 0.4) is 0 Å². The number of amides is 1. The summed E-state index contributed by atoms with van der Waals surface area (Å²) in [5, 5.41) is 20.2. The Labute approximate surface area is 187 Å². The summed E-state index contributed by atoms with van der Waals surface area (Å²) in [7, 11) is 2.18. The van der Waals surface area contributed by atoms with E-state index < -0.39 is 11.9 Å². The number of nitrogens with one attached hydrogen (secondary N) is 2. The lowest BCUT2D eigenvalue weighted by atomic mass is 9.72. The summed E-state index contributed by atoms with van der Waals surface area (Å²) < 4.78 is 0. The number of hydrogen-bond acceptors (Lipinski definition) is 4. The van der Waals surface area contributed by atoms with E-state index in [-0.39, 0.29) is 11.8 Å². The summed E-state index contributed by atoms with van der Waals surface area (Å²) in [5.41, 5.74) is 4.09. The number of carboxylic acids is 2. The molecular weight excluding hydrogens is 410 g/mol. The molecule has 2 aliphatic rings. The minimum absolute atomic E-state index is 0.101. The first-order chi connectivity index (χ1) is 15.3. The molecule has 1 saturated heterocycles. The molecule has 0 unspecified atom stereocenters. The van der Waals surface area contributed by atoms with E-state index >= 15 is 0 Å². The highest BCUT2D eigenvalue weighted by Crippen LogP contribution is 2.44. The first kappa shape index (κ1) is 23.5. The zero-order chi connectivity index (χ0) is 23.3. The van der Waals surface area contributed by atoms with Crippen molar-refractivity contribution in [3.05, 3.63) is 47.7 Å². The maximum absolute atomic E-state index is 12.6. The summed E-state index contributed by atoms with van der Waals surface area (Å²) in [6, 6.07) is 7.08. The molecule has 3 atom stereocenters. The van der Waals surface area contributed by atoms with Gasteiger partial charge in [0.15, 0.2) is 0 Å². The zero-order valence-corrected chi connectivity index (χ0v) is 18.5. The van der Waals surface area contributed by atoms with Gasteiger partial charge in [-0.2, -0.15) is 0 Å². The number of H-pyrrole nitrogens is 1. The van der Waals surface area contributed by atoms with Gasteiger partial charge in [0, 0.05) is 54.3 Å². The number of unbranched alkanes of at least 4 members (excludes halogenated alkanes) is 1. The van der Waals surface area contributed by atoms with Gasteiger partial charge in [-0.05, 0) is 43.5 Å². The number of carbonyl (C=O) groups excluding carboxylic acids is 1. The number of likely N-dealkylation sites (N-methyl/N-ethyl adjacent to an activating group) is 1. The Morgan fingerprint density at radius 2 is 1.94 bits per heavy atom. The first-order valence-corrected chi connectivity index (χ1v) is 11.0. The summed E-state index contributed by atoms with van der Waals surface area (Å²) in [6.45, 7) is 3.83. The summed E-state index contributed by atoms with van der Waals surface area (Å²) in [6.07, 6.45) is 7.52. The van der Waals surface area contributed by atoms with Crippen molar-refractivity contribution < 1.29 is 24.6 Å². The molecule has 1 aliphatic heterocycles. The SMILES string of the molecule is CCCCNC(=O)[C@@H]1C[C@@H]2c3cccc4[nH]cc(c34)C[C@H]2N(C)C1.O=C(O)/C=C\C(=O)O. The predicted octanol–water partition coefficient (Wildman–Crippen LogP) is 2.76. The Kier molecular flexibility index (Phi) is 7.69. The van der Waals surface area contributed by atoms with Crippen molar-refractivity contribution in [2.75, 3.05) is 20.1 Å². The van der Waals surface area contributed by atoms with Gasteiger partial charge in [-0.15, -0.1) is 0 Å². The van der Waals surface area contributed by atoms with Crippen LogP contribution >= 0.6 is 0 Å². The Bertz CT molecular complexity index is 996. The van der Waals surface area contributed by atoms with Gasteiger partial charge in [-0.25, -0.2) is 9.59 Å². The van der Waals surface area contributed by atoms with Crippen LogP contribution in [-0.2, 0) is 20.8 Å². The number of piperidine rings is 1. The van der Waals surface area contributed by atoms with Crippen molar-refractivity contribution in [3.8, 4) is 0 Å². The second kappa shape index (κ2) is 10.5. The molecular formula is C24H31N3O5. The molecule has 1 aliphatic carbocycles. The highest BCUT2D eigenvalue weighted by molar-refractivity contribution is 5.90. The topological polar surface area (TPSA) is 123 Å². The monoisotopic (exact) mass is 441 g/mol. The van der Waals surface area contributed by atoms with Crippen molar-refractivity contribution in [1.82, 2.24) is 15.2 Å². The molecule has 2 aromatic rings. The average Bonchev–Trinajstić information content (AvgIpc) is 3.18. The number of rotatable bonds is 6. The molecule has 172 valence electrons. The number of aromatic amines is 1. The molecule has 1 amide bonds. The summed E-state index contributed by atoms with van der Waals surface area (Å²) in [4.78, 5) is 37.5. The van der Waals surface area contributed by atoms with Crippen LogP contribution in [-0.4, -0.2) is 64.1 Å². The quantitative estimate of drug-likeness (QED) is 0.404. The molecule has 1 aromatic carbocycles. The van der Waals surface area contributed by atoms with Gasteiger partial charge in [-0.1, -0.05) is 25.5 Å². The molecule has 4 rings (SSSR count). The van der Waals surface area contributed by atoms with Crippen LogP contribution in [0, 0.1) is 5.92 Å². The molecule has 1 fully saturated rings. The number of nitrogens with zero attached hydrogens (tertiary/aromatic N) is 1. The molecule has 0 spiro atoms. The minimum Gasteiger partial charge on any atom is -0.478 e. The second-order valence-electron chi connectivity index (χ2n) is 8.49. The molecule has 2 heterocycles.